The van der Waals surface area contributed by atoms with E-state index in [9.17, 15) is 14.7 Å². The third kappa shape index (κ3) is 5.16. The molecule has 132 valence electrons. The second-order valence-electron chi connectivity index (χ2n) is 6.33. The van der Waals surface area contributed by atoms with Crippen LogP contribution in [0.1, 0.15) is 41.3 Å². The molecule has 1 amide bonds. The summed E-state index contributed by atoms with van der Waals surface area (Å²) in [5.74, 6) is -1.38. The summed E-state index contributed by atoms with van der Waals surface area (Å²) in [6.45, 7) is 4.18. The highest BCUT2D eigenvalue weighted by Gasteiger charge is 2.27. The lowest BCUT2D eigenvalue weighted by Gasteiger charge is -2.22. The van der Waals surface area contributed by atoms with Crippen molar-refractivity contribution >= 4 is 11.9 Å². The number of hydrogen-bond donors (Lipinski definition) is 3. The molecule has 2 unspecified atom stereocenters. The van der Waals surface area contributed by atoms with Crippen molar-refractivity contribution in [2.24, 2.45) is 0 Å². The van der Waals surface area contributed by atoms with Gasteiger partial charge in [0.25, 0.3) is 5.91 Å². The van der Waals surface area contributed by atoms with Crippen molar-refractivity contribution in [2.75, 3.05) is 0 Å². The number of rotatable bonds is 7. The van der Waals surface area contributed by atoms with Gasteiger partial charge in [-0.05, 0) is 35.6 Å². The molecule has 2 aromatic rings. The summed E-state index contributed by atoms with van der Waals surface area (Å²) in [6, 6.07) is 15.3. The zero-order valence-corrected chi connectivity index (χ0v) is 14.3. The first-order valence-electron chi connectivity index (χ1n) is 8.24. The van der Waals surface area contributed by atoms with E-state index in [-0.39, 0.29) is 6.42 Å². The van der Waals surface area contributed by atoms with Gasteiger partial charge in [-0.25, -0.2) is 4.79 Å². The van der Waals surface area contributed by atoms with Crippen molar-refractivity contribution in [1.82, 2.24) is 5.32 Å². The van der Waals surface area contributed by atoms with Crippen LogP contribution in [0.3, 0.4) is 0 Å². The zero-order valence-electron chi connectivity index (χ0n) is 14.3. The summed E-state index contributed by atoms with van der Waals surface area (Å²) < 4.78 is 0. The number of aliphatic hydroxyl groups excluding tert-OH is 1. The number of carboxylic acid groups (broad SMARTS) is 1. The Morgan fingerprint density at radius 3 is 2.12 bits per heavy atom. The van der Waals surface area contributed by atoms with E-state index in [1.807, 2.05) is 24.3 Å². The molecule has 0 bridgehead atoms. The molecular formula is C20H23NO4. The van der Waals surface area contributed by atoms with Crippen LogP contribution in [-0.2, 0) is 11.2 Å². The van der Waals surface area contributed by atoms with Crippen molar-refractivity contribution in [3.05, 3.63) is 71.3 Å². The second-order valence-corrected chi connectivity index (χ2v) is 6.33. The Morgan fingerprint density at radius 2 is 1.60 bits per heavy atom. The Morgan fingerprint density at radius 1 is 1.00 bits per heavy atom. The molecule has 5 heteroatoms. The minimum atomic E-state index is -1.68. The van der Waals surface area contributed by atoms with Gasteiger partial charge in [0.15, 0.2) is 6.10 Å². The molecule has 5 nitrogen and oxygen atoms in total. The summed E-state index contributed by atoms with van der Waals surface area (Å²) in [7, 11) is 0. The van der Waals surface area contributed by atoms with Crippen LogP contribution in [0.4, 0.5) is 0 Å². The highest BCUT2D eigenvalue weighted by molar-refractivity contribution is 5.94. The number of aliphatic carboxylic acids is 1. The van der Waals surface area contributed by atoms with Crippen LogP contribution >= 0.6 is 0 Å². The van der Waals surface area contributed by atoms with Gasteiger partial charge in [0.2, 0.25) is 0 Å². The lowest BCUT2D eigenvalue weighted by molar-refractivity contribution is -0.148. The van der Waals surface area contributed by atoms with E-state index < -0.39 is 24.0 Å². The van der Waals surface area contributed by atoms with Crippen LogP contribution < -0.4 is 5.32 Å². The fraction of sp³-hybridized carbons (Fsp3) is 0.300. The van der Waals surface area contributed by atoms with Gasteiger partial charge in [0, 0.05) is 5.56 Å². The van der Waals surface area contributed by atoms with Crippen LogP contribution in [0.5, 0.6) is 0 Å². The summed E-state index contributed by atoms with van der Waals surface area (Å²) in [6.07, 6.45) is -1.46. The van der Waals surface area contributed by atoms with Crippen molar-refractivity contribution < 1.29 is 19.8 Å². The van der Waals surface area contributed by atoms with E-state index in [0.29, 0.717) is 11.5 Å². The van der Waals surface area contributed by atoms with E-state index in [2.05, 4.69) is 19.2 Å². The maximum atomic E-state index is 12.3. The fourth-order valence-electron chi connectivity index (χ4n) is 2.55. The van der Waals surface area contributed by atoms with Gasteiger partial charge in [-0.3, -0.25) is 4.79 Å². The van der Waals surface area contributed by atoms with E-state index in [0.717, 1.165) is 5.56 Å². The molecule has 0 saturated heterocycles. The number of benzene rings is 2. The van der Waals surface area contributed by atoms with E-state index >= 15 is 0 Å². The monoisotopic (exact) mass is 341 g/mol. The van der Waals surface area contributed by atoms with Gasteiger partial charge in [-0.2, -0.15) is 0 Å². The standard InChI is InChI=1S/C20H23NO4/c1-13(2)15-10-8-14(9-11-15)12-17(18(22)20(24)25)21-19(23)16-6-4-3-5-7-16/h3-11,13,17-18,22H,12H2,1-2H3,(H,21,23)(H,24,25). The van der Waals surface area contributed by atoms with Crippen LogP contribution in [-0.4, -0.2) is 34.2 Å². The largest absolute Gasteiger partial charge is 0.479 e. The van der Waals surface area contributed by atoms with E-state index in [4.69, 9.17) is 5.11 Å². The van der Waals surface area contributed by atoms with Crippen LogP contribution in [0, 0.1) is 0 Å². The van der Waals surface area contributed by atoms with Gasteiger partial charge < -0.3 is 15.5 Å². The predicted octanol–water partition coefficient (Wildman–Crippen LogP) is 2.60. The first-order valence-corrected chi connectivity index (χ1v) is 8.24. The highest BCUT2D eigenvalue weighted by atomic mass is 16.4. The van der Waals surface area contributed by atoms with Gasteiger partial charge in [0.05, 0.1) is 6.04 Å². The molecule has 0 aromatic heterocycles. The smallest absolute Gasteiger partial charge is 0.334 e. The first-order chi connectivity index (χ1) is 11.9. The minimum Gasteiger partial charge on any atom is -0.479 e. The van der Waals surface area contributed by atoms with Crippen molar-refractivity contribution in [2.45, 2.75) is 38.3 Å². The zero-order chi connectivity index (χ0) is 18.4. The third-order valence-corrected chi connectivity index (χ3v) is 4.09. The molecule has 0 aliphatic heterocycles. The Balaban J connectivity index is 2.15. The molecule has 0 saturated carbocycles. The average Bonchev–Trinajstić information content (AvgIpc) is 2.61. The second kappa shape index (κ2) is 8.44. The number of amides is 1. The van der Waals surface area contributed by atoms with Gasteiger partial charge in [0.1, 0.15) is 0 Å². The number of aliphatic hydroxyl groups is 1. The molecule has 3 N–H and O–H groups in total. The number of carbonyl (C=O) groups excluding carboxylic acids is 1. The molecule has 0 radical (unpaired) electrons. The lowest BCUT2D eigenvalue weighted by atomic mass is 9.97. The summed E-state index contributed by atoms with van der Waals surface area (Å²) in [5.41, 5.74) is 2.44. The normalized spacial score (nSPS) is 13.3. The number of carbonyl (C=O) groups is 2. The van der Waals surface area contributed by atoms with Crippen LogP contribution in [0.2, 0.25) is 0 Å². The van der Waals surface area contributed by atoms with Crippen molar-refractivity contribution in [1.29, 1.82) is 0 Å². The molecule has 2 atom stereocenters. The molecular weight excluding hydrogens is 318 g/mol. The van der Waals surface area contributed by atoms with E-state index in [1.54, 1.807) is 30.3 Å². The molecule has 2 rings (SSSR count). The maximum absolute atomic E-state index is 12.3. The minimum absolute atomic E-state index is 0.227. The number of nitrogens with one attached hydrogen (secondary N) is 1. The average molecular weight is 341 g/mol. The van der Waals surface area contributed by atoms with Crippen molar-refractivity contribution in [3.8, 4) is 0 Å². The van der Waals surface area contributed by atoms with Crippen molar-refractivity contribution in [3.63, 3.8) is 0 Å². The highest BCUT2D eigenvalue weighted by Crippen LogP contribution is 2.16. The maximum Gasteiger partial charge on any atom is 0.334 e. The topological polar surface area (TPSA) is 86.6 Å². The molecule has 2 aromatic carbocycles. The van der Waals surface area contributed by atoms with E-state index in [1.165, 1.54) is 5.56 Å². The molecule has 0 spiro atoms. The van der Waals surface area contributed by atoms with Gasteiger partial charge in [-0.1, -0.05) is 56.3 Å². The lowest BCUT2D eigenvalue weighted by Crippen LogP contribution is -2.48. The summed E-state index contributed by atoms with van der Waals surface area (Å²) in [5, 5.41) is 21.7. The Labute approximate surface area is 147 Å². The molecule has 25 heavy (non-hydrogen) atoms. The van der Waals surface area contributed by atoms with Gasteiger partial charge >= 0.3 is 5.97 Å². The third-order valence-electron chi connectivity index (χ3n) is 4.09. The first kappa shape index (κ1) is 18.7. The Bertz CT molecular complexity index is 710. The summed E-state index contributed by atoms with van der Waals surface area (Å²) >= 11 is 0. The predicted molar refractivity (Wildman–Crippen MR) is 95.6 cm³/mol. The molecule has 0 fully saturated rings. The number of hydrogen-bond acceptors (Lipinski definition) is 3. The fourth-order valence-corrected chi connectivity index (χ4v) is 2.55. The number of carboxylic acids is 1. The van der Waals surface area contributed by atoms with Crippen LogP contribution in [0.15, 0.2) is 54.6 Å². The Hall–Kier alpha value is -2.66. The SMILES string of the molecule is CC(C)c1ccc(CC(NC(=O)c2ccccc2)C(O)C(=O)O)cc1. The quantitative estimate of drug-likeness (QED) is 0.722. The van der Waals surface area contributed by atoms with Crippen LogP contribution in [0.25, 0.3) is 0 Å². The molecule has 0 aliphatic rings. The summed E-state index contributed by atoms with van der Waals surface area (Å²) in [4.78, 5) is 23.5. The molecule has 0 heterocycles. The Kier molecular flexibility index (Phi) is 6.31. The van der Waals surface area contributed by atoms with Gasteiger partial charge in [-0.15, -0.1) is 0 Å². The molecule has 0 aliphatic carbocycles.